The lowest BCUT2D eigenvalue weighted by molar-refractivity contribution is 0.108. The minimum atomic E-state index is 0.802. The molecule has 136 valence electrons. The molecule has 1 saturated heterocycles. The number of fused-ring (bicyclic) bond motifs is 2. The monoisotopic (exact) mass is 342 g/mol. The lowest BCUT2D eigenvalue weighted by Crippen LogP contribution is -2.47. The van der Waals surface area contributed by atoms with E-state index in [0.717, 1.165) is 48.9 Å². The summed E-state index contributed by atoms with van der Waals surface area (Å²) in [7, 11) is 3.38. The molecule has 1 saturated carbocycles. The number of allylic oxidation sites excluding steroid dienone is 2. The van der Waals surface area contributed by atoms with Gasteiger partial charge in [0, 0.05) is 39.3 Å². The number of hydrogen-bond donors (Lipinski definition) is 0. The van der Waals surface area contributed by atoms with Gasteiger partial charge in [0.2, 0.25) is 0 Å². The molecular weight excluding hydrogens is 312 g/mol. The van der Waals surface area contributed by atoms with Crippen molar-refractivity contribution in [1.82, 2.24) is 9.80 Å². The summed E-state index contributed by atoms with van der Waals surface area (Å²) in [5.74, 6) is 4.29. The zero-order valence-electron chi connectivity index (χ0n) is 15.5. The summed E-state index contributed by atoms with van der Waals surface area (Å²) in [6.07, 6.45) is 7.77. The van der Waals surface area contributed by atoms with Crippen molar-refractivity contribution in [2.45, 2.75) is 19.4 Å². The summed E-state index contributed by atoms with van der Waals surface area (Å²) in [6.45, 7) is 7.01. The molecular formula is C21H30N2O2. The van der Waals surface area contributed by atoms with E-state index in [1.807, 2.05) is 6.07 Å². The van der Waals surface area contributed by atoms with E-state index in [9.17, 15) is 0 Å². The van der Waals surface area contributed by atoms with Crippen LogP contribution in [0.3, 0.4) is 0 Å². The Morgan fingerprint density at radius 3 is 2.32 bits per heavy atom. The molecule has 25 heavy (non-hydrogen) atoms. The van der Waals surface area contributed by atoms with Crippen LogP contribution in [0.4, 0.5) is 0 Å². The number of methoxy groups -OCH3 is 2. The smallest absolute Gasteiger partial charge is 0.161 e. The van der Waals surface area contributed by atoms with E-state index in [4.69, 9.17) is 9.47 Å². The number of ether oxygens (including phenoxy) is 2. The van der Waals surface area contributed by atoms with Crippen molar-refractivity contribution in [3.8, 4) is 11.5 Å². The fraction of sp³-hybridized carbons (Fsp3) is 0.619. The van der Waals surface area contributed by atoms with Gasteiger partial charge in [-0.2, -0.15) is 0 Å². The van der Waals surface area contributed by atoms with Crippen molar-refractivity contribution in [2.75, 3.05) is 46.9 Å². The molecule has 2 aliphatic carbocycles. The van der Waals surface area contributed by atoms with Crippen LogP contribution in [0.15, 0.2) is 30.4 Å². The molecule has 3 atom stereocenters. The number of nitrogens with zero attached hydrogens (tertiary/aromatic N) is 2. The van der Waals surface area contributed by atoms with Crippen molar-refractivity contribution in [2.24, 2.45) is 17.8 Å². The highest BCUT2D eigenvalue weighted by Crippen LogP contribution is 2.43. The molecule has 3 aliphatic rings. The maximum absolute atomic E-state index is 5.42. The van der Waals surface area contributed by atoms with Crippen LogP contribution in [-0.2, 0) is 6.54 Å². The normalized spacial score (nSPS) is 29.3. The van der Waals surface area contributed by atoms with Gasteiger partial charge in [0.1, 0.15) is 0 Å². The van der Waals surface area contributed by atoms with Gasteiger partial charge in [0.25, 0.3) is 0 Å². The molecule has 4 heteroatoms. The van der Waals surface area contributed by atoms with Gasteiger partial charge < -0.3 is 14.4 Å². The third-order valence-corrected chi connectivity index (χ3v) is 6.23. The van der Waals surface area contributed by atoms with Crippen LogP contribution in [0.5, 0.6) is 11.5 Å². The summed E-state index contributed by atoms with van der Waals surface area (Å²) >= 11 is 0. The van der Waals surface area contributed by atoms with Gasteiger partial charge in [-0.15, -0.1) is 0 Å². The predicted molar refractivity (Wildman–Crippen MR) is 100 cm³/mol. The van der Waals surface area contributed by atoms with Crippen molar-refractivity contribution < 1.29 is 9.47 Å². The Bertz CT molecular complexity index is 622. The third-order valence-electron chi connectivity index (χ3n) is 6.23. The Morgan fingerprint density at radius 2 is 1.68 bits per heavy atom. The van der Waals surface area contributed by atoms with Crippen molar-refractivity contribution in [1.29, 1.82) is 0 Å². The summed E-state index contributed by atoms with van der Waals surface area (Å²) in [6, 6.07) is 6.26. The van der Waals surface area contributed by atoms with Gasteiger partial charge in [0.15, 0.2) is 11.5 Å². The summed E-state index contributed by atoms with van der Waals surface area (Å²) in [5.41, 5.74) is 1.30. The average Bonchev–Trinajstić information content (AvgIpc) is 3.26. The predicted octanol–water partition coefficient (Wildman–Crippen LogP) is 3.03. The Kier molecular flexibility index (Phi) is 5.00. The van der Waals surface area contributed by atoms with Gasteiger partial charge >= 0.3 is 0 Å². The van der Waals surface area contributed by atoms with Gasteiger partial charge in [0.05, 0.1) is 14.2 Å². The molecule has 1 aliphatic heterocycles. The zero-order valence-corrected chi connectivity index (χ0v) is 15.5. The van der Waals surface area contributed by atoms with Crippen LogP contribution < -0.4 is 9.47 Å². The summed E-state index contributed by atoms with van der Waals surface area (Å²) in [5, 5.41) is 0. The topological polar surface area (TPSA) is 24.9 Å². The number of piperazine rings is 1. The van der Waals surface area contributed by atoms with E-state index in [2.05, 4.69) is 34.1 Å². The van der Waals surface area contributed by atoms with Gasteiger partial charge in [-0.1, -0.05) is 18.2 Å². The fourth-order valence-corrected chi connectivity index (χ4v) is 4.80. The van der Waals surface area contributed by atoms with Crippen LogP contribution in [0, 0.1) is 17.8 Å². The van der Waals surface area contributed by atoms with Crippen LogP contribution in [0.25, 0.3) is 0 Å². The van der Waals surface area contributed by atoms with E-state index in [-0.39, 0.29) is 0 Å². The second-order valence-corrected chi connectivity index (χ2v) is 7.81. The van der Waals surface area contributed by atoms with E-state index in [1.165, 1.54) is 38.0 Å². The molecule has 0 amide bonds. The number of hydrogen-bond acceptors (Lipinski definition) is 4. The molecule has 4 rings (SSSR count). The van der Waals surface area contributed by atoms with Crippen LogP contribution in [0.1, 0.15) is 18.4 Å². The summed E-state index contributed by atoms with van der Waals surface area (Å²) < 4.78 is 10.8. The first-order chi connectivity index (χ1) is 12.2. The van der Waals surface area contributed by atoms with E-state index >= 15 is 0 Å². The molecule has 0 spiro atoms. The standard InChI is InChI=1S/C21H30N2O2/c1-24-20-6-4-17(13-21(20)25-2)14-22-7-9-23(10-8-22)15-19-12-16-3-5-18(19)11-16/h3-6,13,16,18-19H,7-12,14-15H2,1-2H3/t16-,18-,19-/m0/s1. The largest absolute Gasteiger partial charge is 0.493 e. The number of rotatable bonds is 6. The first-order valence-corrected chi connectivity index (χ1v) is 9.59. The molecule has 0 N–H and O–H groups in total. The molecule has 4 nitrogen and oxygen atoms in total. The van der Waals surface area contributed by atoms with E-state index in [0.29, 0.717) is 0 Å². The van der Waals surface area contributed by atoms with E-state index < -0.39 is 0 Å². The Hall–Kier alpha value is -1.52. The highest BCUT2D eigenvalue weighted by Gasteiger charge is 2.36. The van der Waals surface area contributed by atoms with Gasteiger partial charge in [-0.05, 0) is 48.3 Å². The average molecular weight is 342 g/mol. The molecule has 1 aromatic rings. The second-order valence-electron chi connectivity index (χ2n) is 7.81. The minimum absolute atomic E-state index is 0.802. The molecule has 1 aromatic carbocycles. The Morgan fingerprint density at radius 1 is 0.920 bits per heavy atom. The van der Waals surface area contributed by atoms with Crippen molar-refractivity contribution >= 4 is 0 Å². The highest BCUT2D eigenvalue weighted by atomic mass is 16.5. The molecule has 0 unspecified atom stereocenters. The second kappa shape index (κ2) is 7.38. The van der Waals surface area contributed by atoms with E-state index in [1.54, 1.807) is 14.2 Å². The minimum Gasteiger partial charge on any atom is -0.493 e. The third kappa shape index (κ3) is 3.70. The maximum Gasteiger partial charge on any atom is 0.161 e. The Labute approximate surface area is 151 Å². The Balaban J connectivity index is 1.27. The van der Waals surface area contributed by atoms with Gasteiger partial charge in [-0.3, -0.25) is 4.90 Å². The molecule has 0 radical (unpaired) electrons. The molecule has 1 heterocycles. The first kappa shape index (κ1) is 16.9. The van der Waals surface area contributed by atoms with Crippen molar-refractivity contribution in [3.63, 3.8) is 0 Å². The maximum atomic E-state index is 5.42. The SMILES string of the molecule is COc1ccc(CN2CCN(C[C@@H]3C[C@H]4C=C[C@H]3C4)CC2)cc1OC. The lowest BCUT2D eigenvalue weighted by Gasteiger charge is -2.37. The fourth-order valence-electron chi connectivity index (χ4n) is 4.80. The van der Waals surface area contributed by atoms with Crippen LogP contribution >= 0.6 is 0 Å². The number of benzene rings is 1. The molecule has 2 fully saturated rings. The molecule has 0 aromatic heterocycles. The quantitative estimate of drug-likeness (QED) is 0.742. The van der Waals surface area contributed by atoms with Crippen molar-refractivity contribution in [3.05, 3.63) is 35.9 Å². The zero-order chi connectivity index (χ0) is 17.2. The lowest BCUT2D eigenvalue weighted by atomic mass is 9.93. The highest BCUT2D eigenvalue weighted by molar-refractivity contribution is 5.42. The molecule has 2 bridgehead atoms. The van der Waals surface area contributed by atoms with Gasteiger partial charge in [-0.25, -0.2) is 0 Å². The summed E-state index contributed by atoms with van der Waals surface area (Å²) in [4.78, 5) is 5.24. The first-order valence-electron chi connectivity index (χ1n) is 9.59. The van der Waals surface area contributed by atoms with Crippen LogP contribution in [0.2, 0.25) is 0 Å². The van der Waals surface area contributed by atoms with Crippen LogP contribution in [-0.4, -0.2) is 56.7 Å².